The molecule has 0 saturated heterocycles. The van der Waals surface area contributed by atoms with Gasteiger partial charge in [0.1, 0.15) is 11.3 Å². The quantitative estimate of drug-likeness (QED) is 0.178. The maximum atomic E-state index is 13.7. The highest BCUT2D eigenvalue weighted by atomic mass is 32.2. The summed E-state index contributed by atoms with van der Waals surface area (Å²) in [6, 6.07) is 35.1. The fourth-order valence-corrected chi connectivity index (χ4v) is 6.14. The number of benzene rings is 5. The van der Waals surface area contributed by atoms with Gasteiger partial charge in [-0.15, -0.1) is 0 Å². The van der Waals surface area contributed by atoms with E-state index in [4.69, 9.17) is 5.26 Å². The zero-order valence-electron chi connectivity index (χ0n) is 25.7. The summed E-state index contributed by atoms with van der Waals surface area (Å²) in [7, 11) is -2.66. The van der Waals surface area contributed by atoms with Gasteiger partial charge in [-0.3, -0.25) is 4.79 Å². The summed E-state index contributed by atoms with van der Waals surface area (Å²) in [5.41, 5.74) is 6.01. The molecule has 0 unspecified atom stereocenters. The lowest BCUT2D eigenvalue weighted by Gasteiger charge is -2.26. The number of anilines is 1. The van der Waals surface area contributed by atoms with Gasteiger partial charge in [-0.25, -0.2) is 13.2 Å². The van der Waals surface area contributed by atoms with E-state index >= 15 is 0 Å². The Morgan fingerprint density at radius 1 is 0.766 bits per heavy atom. The summed E-state index contributed by atoms with van der Waals surface area (Å²) < 4.78 is 27.4. The van der Waals surface area contributed by atoms with E-state index in [9.17, 15) is 28.2 Å². The number of carboxylic acids is 1. The van der Waals surface area contributed by atoms with Crippen molar-refractivity contribution >= 4 is 27.6 Å². The Labute approximate surface area is 273 Å². The van der Waals surface area contributed by atoms with E-state index in [2.05, 4.69) is 6.07 Å². The average molecular weight is 646 g/mol. The minimum atomic E-state index is -3.98. The Morgan fingerprint density at radius 3 is 1.77 bits per heavy atom. The molecule has 5 aromatic carbocycles. The molecule has 9 nitrogen and oxygen atoms in total. The summed E-state index contributed by atoms with van der Waals surface area (Å²) in [4.78, 5) is 26.5. The summed E-state index contributed by atoms with van der Waals surface area (Å²) in [6.45, 7) is 1.37. The molecular formula is C37H31N3O6S. The maximum absolute atomic E-state index is 13.7. The number of sulfonamides is 1. The van der Waals surface area contributed by atoms with E-state index in [1.807, 2.05) is 67.6 Å². The van der Waals surface area contributed by atoms with Gasteiger partial charge in [0, 0.05) is 18.8 Å². The monoisotopic (exact) mass is 645 g/mol. The van der Waals surface area contributed by atoms with E-state index in [1.54, 1.807) is 24.3 Å². The van der Waals surface area contributed by atoms with Crippen LogP contribution >= 0.6 is 0 Å². The highest BCUT2D eigenvalue weighted by Gasteiger charge is 2.27. The molecule has 0 aliphatic heterocycles. The number of carbonyl (C=O) groups excluding carboxylic acids is 1. The smallest absolute Gasteiger partial charge is 0.339 e. The van der Waals surface area contributed by atoms with Crippen molar-refractivity contribution in [1.82, 2.24) is 4.31 Å². The molecule has 0 aromatic heterocycles. The Balaban J connectivity index is 1.38. The number of carboxylic acid groups (broad SMARTS) is 1. The van der Waals surface area contributed by atoms with Gasteiger partial charge in [0.15, 0.2) is 0 Å². The molecule has 0 bridgehead atoms. The number of aryl methyl sites for hydroxylation is 1. The van der Waals surface area contributed by atoms with Gasteiger partial charge in [0.05, 0.1) is 29.6 Å². The number of nitriles is 1. The third-order valence-corrected chi connectivity index (χ3v) is 9.59. The molecule has 5 rings (SSSR count). The predicted octanol–water partition coefficient (Wildman–Crippen LogP) is 6.46. The summed E-state index contributed by atoms with van der Waals surface area (Å²) >= 11 is 0. The van der Waals surface area contributed by atoms with Gasteiger partial charge in [0.2, 0.25) is 15.9 Å². The molecular weight excluding hydrogens is 614 g/mol. The van der Waals surface area contributed by atoms with Crippen LogP contribution < -0.4 is 4.90 Å². The van der Waals surface area contributed by atoms with Gasteiger partial charge in [-0.1, -0.05) is 78.4 Å². The van der Waals surface area contributed by atoms with Gasteiger partial charge in [0.25, 0.3) is 0 Å². The number of aromatic carboxylic acids is 1. The zero-order valence-corrected chi connectivity index (χ0v) is 26.5. The standard InChI is InChI=1S/C37H31N3O6S/c1-25-3-18-33(19-4-25)47(45,46)39(2)24-36(42)40(32-17-20-34(37(43)44)35(41)21-32)23-27-7-11-29(12-8-27)31-15-13-30(14-16-31)28-9-5-26(22-38)6-10-28/h3-21,41H,23-24H2,1-2H3,(H,43,44). The second-order valence-corrected chi connectivity index (χ2v) is 13.1. The molecule has 0 fully saturated rings. The van der Waals surface area contributed by atoms with E-state index in [-0.39, 0.29) is 22.7 Å². The SMILES string of the molecule is Cc1ccc(S(=O)(=O)N(C)CC(=O)N(Cc2ccc(-c3ccc(-c4ccc(C#N)cc4)cc3)cc2)c2ccc(C(=O)O)c(O)c2)cc1. The third-order valence-electron chi connectivity index (χ3n) is 7.77. The normalized spacial score (nSPS) is 11.2. The molecule has 1 amide bonds. The lowest BCUT2D eigenvalue weighted by Crippen LogP contribution is -2.41. The largest absolute Gasteiger partial charge is 0.507 e. The van der Waals surface area contributed by atoms with Crippen LogP contribution in [0.3, 0.4) is 0 Å². The van der Waals surface area contributed by atoms with Crippen LogP contribution in [-0.4, -0.2) is 48.4 Å². The highest BCUT2D eigenvalue weighted by Crippen LogP contribution is 2.29. The molecule has 0 spiro atoms. The fraction of sp³-hybridized carbons (Fsp3) is 0.108. The van der Waals surface area contributed by atoms with Crippen LogP contribution in [0.1, 0.15) is 27.0 Å². The summed E-state index contributed by atoms with van der Waals surface area (Å²) in [5.74, 6) is -2.42. The number of likely N-dealkylation sites (N-methyl/N-ethyl adjacent to an activating group) is 1. The van der Waals surface area contributed by atoms with Gasteiger partial charge in [-0.05, 0) is 71.1 Å². The Kier molecular flexibility index (Phi) is 9.51. The molecule has 10 heteroatoms. The molecule has 47 heavy (non-hydrogen) atoms. The minimum absolute atomic E-state index is 0.0288. The highest BCUT2D eigenvalue weighted by molar-refractivity contribution is 7.89. The van der Waals surface area contributed by atoms with Crippen LogP contribution in [0.4, 0.5) is 5.69 Å². The zero-order chi connectivity index (χ0) is 33.7. The van der Waals surface area contributed by atoms with Crippen molar-refractivity contribution in [3.63, 3.8) is 0 Å². The second kappa shape index (κ2) is 13.7. The van der Waals surface area contributed by atoms with E-state index < -0.39 is 34.2 Å². The Bertz CT molecular complexity index is 2070. The summed E-state index contributed by atoms with van der Waals surface area (Å²) in [6.07, 6.45) is 0. The van der Waals surface area contributed by atoms with Gasteiger partial charge < -0.3 is 15.1 Å². The van der Waals surface area contributed by atoms with Gasteiger partial charge >= 0.3 is 5.97 Å². The molecule has 5 aromatic rings. The van der Waals surface area contributed by atoms with Crippen LogP contribution in [0.25, 0.3) is 22.3 Å². The summed E-state index contributed by atoms with van der Waals surface area (Å²) in [5, 5.41) is 28.8. The molecule has 0 saturated carbocycles. The number of nitrogens with zero attached hydrogens (tertiary/aromatic N) is 3. The topological polar surface area (TPSA) is 139 Å². The van der Waals surface area contributed by atoms with Crippen LogP contribution in [0.15, 0.2) is 120 Å². The fourth-order valence-electron chi connectivity index (χ4n) is 5.02. The van der Waals surface area contributed by atoms with Crippen molar-refractivity contribution in [2.75, 3.05) is 18.5 Å². The lowest BCUT2D eigenvalue weighted by atomic mass is 9.99. The van der Waals surface area contributed by atoms with Gasteiger partial charge in [-0.2, -0.15) is 9.57 Å². The molecule has 0 aliphatic carbocycles. The molecule has 0 atom stereocenters. The Morgan fingerprint density at radius 2 is 1.28 bits per heavy atom. The number of hydrogen-bond donors (Lipinski definition) is 2. The number of rotatable bonds is 10. The first-order chi connectivity index (χ1) is 22.5. The van der Waals surface area contributed by atoms with E-state index in [0.29, 0.717) is 5.56 Å². The van der Waals surface area contributed by atoms with Crippen LogP contribution in [0.5, 0.6) is 5.75 Å². The first-order valence-electron chi connectivity index (χ1n) is 14.6. The first kappa shape index (κ1) is 32.6. The molecule has 236 valence electrons. The second-order valence-electron chi connectivity index (χ2n) is 11.0. The number of hydrogen-bond acceptors (Lipinski definition) is 6. The van der Waals surface area contributed by atoms with Crippen molar-refractivity contribution in [3.8, 4) is 34.1 Å². The number of phenols is 1. The van der Waals surface area contributed by atoms with Crippen molar-refractivity contribution in [2.24, 2.45) is 0 Å². The Hall–Kier alpha value is -5.76. The minimum Gasteiger partial charge on any atom is -0.507 e. The van der Waals surface area contributed by atoms with Crippen molar-refractivity contribution < 1.29 is 28.2 Å². The lowest BCUT2D eigenvalue weighted by molar-refractivity contribution is -0.118. The number of aromatic hydroxyl groups is 1. The maximum Gasteiger partial charge on any atom is 0.339 e. The van der Waals surface area contributed by atoms with Crippen molar-refractivity contribution in [3.05, 3.63) is 138 Å². The van der Waals surface area contributed by atoms with Crippen molar-refractivity contribution in [2.45, 2.75) is 18.4 Å². The molecule has 0 aliphatic rings. The van der Waals surface area contributed by atoms with E-state index in [1.165, 1.54) is 42.3 Å². The van der Waals surface area contributed by atoms with E-state index in [0.717, 1.165) is 37.7 Å². The van der Waals surface area contributed by atoms with Crippen molar-refractivity contribution in [1.29, 1.82) is 5.26 Å². The molecule has 0 heterocycles. The first-order valence-corrected chi connectivity index (χ1v) is 16.0. The van der Waals surface area contributed by atoms with Crippen LogP contribution in [0.2, 0.25) is 0 Å². The van der Waals surface area contributed by atoms with Crippen LogP contribution in [0, 0.1) is 18.3 Å². The predicted molar refractivity (Wildman–Crippen MR) is 179 cm³/mol. The number of carbonyl (C=O) groups is 2. The molecule has 0 radical (unpaired) electrons. The molecule has 2 N–H and O–H groups in total. The van der Waals surface area contributed by atoms with Crippen LogP contribution in [-0.2, 0) is 21.4 Å². The average Bonchev–Trinajstić information content (AvgIpc) is 3.07. The third kappa shape index (κ3) is 7.39. The number of amides is 1.